The van der Waals surface area contributed by atoms with Crippen LogP contribution in [-0.4, -0.2) is 30.5 Å². The van der Waals surface area contributed by atoms with E-state index in [9.17, 15) is 17.6 Å². The number of hydrogen-bond donors (Lipinski definition) is 2. The highest BCUT2D eigenvalue weighted by molar-refractivity contribution is 7.89. The topological polar surface area (TPSA) is 114 Å². The number of nitrogens with zero attached hydrogens (tertiary/aromatic N) is 2. The second-order valence-electron chi connectivity index (χ2n) is 6.91. The van der Waals surface area contributed by atoms with E-state index in [4.69, 9.17) is 4.52 Å². The molecule has 0 aliphatic carbocycles. The Balaban J connectivity index is 1.79. The summed E-state index contributed by atoms with van der Waals surface area (Å²) in [5.41, 5.74) is 1.62. The predicted octanol–water partition coefficient (Wildman–Crippen LogP) is 3.11. The molecule has 0 radical (unpaired) electrons. The van der Waals surface area contributed by atoms with Crippen LogP contribution in [0.1, 0.15) is 23.9 Å². The van der Waals surface area contributed by atoms with Crippen molar-refractivity contribution in [2.45, 2.75) is 38.6 Å². The molecule has 0 saturated heterocycles. The van der Waals surface area contributed by atoms with E-state index in [1.807, 2.05) is 0 Å². The molecule has 1 amide bonds. The first-order valence-electron chi connectivity index (χ1n) is 9.07. The van der Waals surface area contributed by atoms with Crippen molar-refractivity contribution in [2.75, 3.05) is 5.32 Å². The van der Waals surface area contributed by atoms with E-state index in [0.717, 1.165) is 0 Å². The number of benzene rings is 2. The largest absolute Gasteiger partial charge is 0.339 e. The van der Waals surface area contributed by atoms with Gasteiger partial charge in [0.15, 0.2) is 0 Å². The van der Waals surface area contributed by atoms with Gasteiger partial charge < -0.3 is 9.84 Å². The molecule has 0 aliphatic heterocycles. The molecule has 30 heavy (non-hydrogen) atoms. The van der Waals surface area contributed by atoms with Gasteiger partial charge in [-0.25, -0.2) is 12.8 Å². The highest BCUT2D eigenvalue weighted by Gasteiger charge is 2.24. The molecule has 1 atom stereocenters. The highest BCUT2D eigenvalue weighted by Crippen LogP contribution is 2.23. The summed E-state index contributed by atoms with van der Waals surface area (Å²) >= 11 is 0. The summed E-state index contributed by atoms with van der Waals surface area (Å²) in [4.78, 5) is 16.5. The van der Waals surface area contributed by atoms with Gasteiger partial charge in [0.25, 0.3) is 0 Å². The third-order valence-corrected chi connectivity index (χ3v) is 6.11. The van der Waals surface area contributed by atoms with Gasteiger partial charge in [0.2, 0.25) is 27.6 Å². The van der Waals surface area contributed by atoms with E-state index < -0.39 is 27.8 Å². The number of anilines is 1. The SMILES string of the molecule is Cc1nc(-c2ccc(C)c(S(=O)(=O)NC(C)C(=O)Nc3ccc(C)c(F)c3)c2)no1. The number of nitrogens with one attached hydrogen (secondary N) is 2. The minimum absolute atomic E-state index is 0.0107. The van der Waals surface area contributed by atoms with Crippen molar-refractivity contribution in [2.24, 2.45) is 0 Å². The van der Waals surface area contributed by atoms with E-state index in [1.165, 1.54) is 31.2 Å². The zero-order chi connectivity index (χ0) is 22.1. The number of carbonyl (C=O) groups excluding carboxylic acids is 1. The van der Waals surface area contributed by atoms with Crippen LogP contribution in [-0.2, 0) is 14.8 Å². The first-order valence-corrected chi connectivity index (χ1v) is 10.6. The molecule has 0 aliphatic rings. The van der Waals surface area contributed by atoms with Crippen molar-refractivity contribution in [1.82, 2.24) is 14.9 Å². The number of rotatable bonds is 6. The lowest BCUT2D eigenvalue weighted by molar-refractivity contribution is -0.117. The number of aromatic nitrogens is 2. The molecule has 10 heteroatoms. The van der Waals surface area contributed by atoms with Crippen molar-refractivity contribution >= 4 is 21.6 Å². The third-order valence-electron chi connectivity index (χ3n) is 4.43. The Bertz CT molecular complexity index is 1210. The Kier molecular flexibility index (Phi) is 5.99. The molecule has 1 heterocycles. The monoisotopic (exact) mass is 432 g/mol. The fourth-order valence-electron chi connectivity index (χ4n) is 2.72. The van der Waals surface area contributed by atoms with Gasteiger partial charge in [0, 0.05) is 18.2 Å². The average molecular weight is 432 g/mol. The van der Waals surface area contributed by atoms with Crippen LogP contribution in [0.3, 0.4) is 0 Å². The van der Waals surface area contributed by atoms with Crippen molar-refractivity contribution in [3.05, 3.63) is 59.2 Å². The summed E-state index contributed by atoms with van der Waals surface area (Å²) in [5, 5.41) is 6.29. The Morgan fingerprint density at radius 3 is 2.43 bits per heavy atom. The maximum absolute atomic E-state index is 13.7. The highest BCUT2D eigenvalue weighted by atomic mass is 32.2. The second kappa shape index (κ2) is 8.33. The number of hydrogen-bond acceptors (Lipinski definition) is 6. The summed E-state index contributed by atoms with van der Waals surface area (Å²) in [5.74, 6) is -0.475. The lowest BCUT2D eigenvalue weighted by atomic mass is 10.1. The van der Waals surface area contributed by atoms with Gasteiger partial charge in [-0.05, 0) is 50.1 Å². The molecule has 3 aromatic rings. The summed E-state index contributed by atoms with van der Waals surface area (Å²) in [7, 11) is -4.04. The molecular formula is C20H21FN4O4S. The molecule has 0 bridgehead atoms. The quantitative estimate of drug-likeness (QED) is 0.619. The normalized spacial score (nSPS) is 12.6. The van der Waals surface area contributed by atoms with Gasteiger partial charge in [-0.2, -0.15) is 9.71 Å². The summed E-state index contributed by atoms with van der Waals surface area (Å²) < 4.78 is 46.7. The average Bonchev–Trinajstić information content (AvgIpc) is 3.11. The van der Waals surface area contributed by atoms with Crippen LogP contribution < -0.4 is 10.0 Å². The van der Waals surface area contributed by atoms with Crippen LogP contribution in [0.2, 0.25) is 0 Å². The minimum Gasteiger partial charge on any atom is -0.339 e. The van der Waals surface area contributed by atoms with Crippen molar-refractivity contribution in [3.63, 3.8) is 0 Å². The maximum atomic E-state index is 13.7. The molecular weight excluding hydrogens is 411 g/mol. The van der Waals surface area contributed by atoms with Crippen molar-refractivity contribution < 1.29 is 22.1 Å². The van der Waals surface area contributed by atoms with E-state index in [0.29, 0.717) is 22.6 Å². The summed E-state index contributed by atoms with van der Waals surface area (Å²) in [6.45, 7) is 6.27. The zero-order valence-corrected chi connectivity index (χ0v) is 17.7. The van der Waals surface area contributed by atoms with Crippen LogP contribution in [0.15, 0.2) is 45.8 Å². The number of amides is 1. The predicted molar refractivity (Wildman–Crippen MR) is 109 cm³/mol. The molecule has 158 valence electrons. The van der Waals surface area contributed by atoms with Crippen LogP contribution in [0.4, 0.5) is 10.1 Å². The third kappa shape index (κ3) is 4.71. The molecule has 2 aromatic carbocycles. The van der Waals surface area contributed by atoms with Crippen LogP contribution >= 0.6 is 0 Å². The molecule has 2 N–H and O–H groups in total. The van der Waals surface area contributed by atoms with Crippen molar-refractivity contribution in [3.8, 4) is 11.4 Å². The number of carbonyl (C=O) groups is 1. The van der Waals surface area contributed by atoms with Crippen LogP contribution in [0, 0.1) is 26.6 Å². The molecule has 0 spiro atoms. The van der Waals surface area contributed by atoms with E-state index in [2.05, 4.69) is 20.2 Å². The maximum Gasteiger partial charge on any atom is 0.242 e. The number of halogens is 1. The molecule has 1 unspecified atom stereocenters. The molecule has 0 fully saturated rings. The lowest BCUT2D eigenvalue weighted by Crippen LogP contribution is -2.41. The Hall–Kier alpha value is -3.11. The Labute approximate surface area is 173 Å². The van der Waals surface area contributed by atoms with E-state index in [-0.39, 0.29) is 16.4 Å². The van der Waals surface area contributed by atoms with Crippen LogP contribution in [0.5, 0.6) is 0 Å². The fourth-order valence-corrected chi connectivity index (χ4v) is 4.19. The summed E-state index contributed by atoms with van der Waals surface area (Å²) in [6, 6.07) is 7.86. The molecule has 0 saturated carbocycles. The van der Waals surface area contributed by atoms with Crippen LogP contribution in [0.25, 0.3) is 11.4 Å². The molecule has 8 nitrogen and oxygen atoms in total. The lowest BCUT2D eigenvalue weighted by Gasteiger charge is -2.16. The fraction of sp³-hybridized carbons (Fsp3) is 0.250. The van der Waals surface area contributed by atoms with E-state index >= 15 is 0 Å². The van der Waals surface area contributed by atoms with Gasteiger partial charge in [-0.15, -0.1) is 0 Å². The van der Waals surface area contributed by atoms with E-state index in [1.54, 1.807) is 32.9 Å². The second-order valence-corrected chi connectivity index (χ2v) is 8.60. The Morgan fingerprint density at radius 2 is 1.80 bits per heavy atom. The first kappa shape index (κ1) is 21.6. The first-order chi connectivity index (χ1) is 14.1. The number of aryl methyl sites for hydroxylation is 3. The molecule has 1 aromatic heterocycles. The Morgan fingerprint density at radius 1 is 1.10 bits per heavy atom. The van der Waals surface area contributed by atoms with Gasteiger partial charge in [0.1, 0.15) is 5.82 Å². The smallest absolute Gasteiger partial charge is 0.242 e. The standard InChI is InChI=1S/C20H21FN4O4S/c1-11-6-8-16(10-17(11)21)23-20(26)13(3)25-30(27,28)18-9-15(7-5-12(18)2)19-22-14(4)29-24-19/h5-10,13,25H,1-4H3,(H,23,26). The molecule has 3 rings (SSSR count). The number of sulfonamides is 1. The zero-order valence-electron chi connectivity index (χ0n) is 16.9. The van der Waals surface area contributed by atoms with Crippen molar-refractivity contribution in [1.29, 1.82) is 0 Å². The summed E-state index contributed by atoms with van der Waals surface area (Å²) in [6.07, 6.45) is 0. The minimum atomic E-state index is -4.04. The van der Waals surface area contributed by atoms with Gasteiger partial charge in [-0.1, -0.05) is 23.4 Å². The van der Waals surface area contributed by atoms with Gasteiger partial charge in [0.05, 0.1) is 10.9 Å². The van der Waals surface area contributed by atoms with Gasteiger partial charge >= 0.3 is 0 Å². The van der Waals surface area contributed by atoms with Gasteiger partial charge in [-0.3, -0.25) is 4.79 Å².